The Balaban J connectivity index is 2.42. The highest BCUT2D eigenvalue weighted by Crippen LogP contribution is 2.27. The van der Waals surface area contributed by atoms with Gasteiger partial charge in [-0.05, 0) is 29.5 Å². The molecular weight excluding hydrogens is 252 g/mol. The van der Waals surface area contributed by atoms with Crippen LogP contribution in [0.5, 0.6) is 0 Å². The molecule has 2 aromatic rings. The minimum absolute atomic E-state index is 0.398. The Morgan fingerprint density at radius 1 is 1.10 bits per heavy atom. The summed E-state index contributed by atoms with van der Waals surface area (Å²) in [6.45, 7) is 0.634. The maximum Gasteiger partial charge on any atom is 0.336 e. The number of aromatic carboxylic acids is 1. The van der Waals surface area contributed by atoms with E-state index in [4.69, 9.17) is 4.74 Å². The zero-order valence-corrected chi connectivity index (χ0v) is 11.5. The van der Waals surface area contributed by atoms with Gasteiger partial charge < -0.3 is 9.84 Å². The van der Waals surface area contributed by atoms with Gasteiger partial charge in [0.1, 0.15) is 0 Å². The van der Waals surface area contributed by atoms with Gasteiger partial charge in [-0.15, -0.1) is 0 Å². The van der Waals surface area contributed by atoms with E-state index in [1.54, 1.807) is 7.11 Å². The van der Waals surface area contributed by atoms with E-state index in [0.717, 1.165) is 23.1 Å². The predicted molar refractivity (Wildman–Crippen MR) is 79.0 cm³/mol. The molecule has 0 aliphatic rings. The maximum atomic E-state index is 11.6. The topological polar surface area (TPSA) is 46.5 Å². The third-order valence-electron chi connectivity index (χ3n) is 3.24. The summed E-state index contributed by atoms with van der Waals surface area (Å²) in [7, 11) is 1.65. The summed E-state index contributed by atoms with van der Waals surface area (Å²) >= 11 is 0. The van der Waals surface area contributed by atoms with Crippen LogP contribution in [0.4, 0.5) is 0 Å². The third kappa shape index (κ3) is 3.25. The van der Waals surface area contributed by atoms with E-state index in [1.165, 1.54) is 0 Å². The Morgan fingerprint density at radius 2 is 1.85 bits per heavy atom. The Hall–Kier alpha value is -2.13. The molecule has 0 unspecified atom stereocenters. The van der Waals surface area contributed by atoms with Crippen LogP contribution in [-0.4, -0.2) is 24.8 Å². The fraction of sp³-hybridized carbons (Fsp3) is 0.235. The van der Waals surface area contributed by atoms with Crippen molar-refractivity contribution in [1.29, 1.82) is 0 Å². The van der Waals surface area contributed by atoms with E-state index in [-0.39, 0.29) is 0 Å². The summed E-state index contributed by atoms with van der Waals surface area (Å²) in [5, 5.41) is 9.53. The second kappa shape index (κ2) is 6.87. The van der Waals surface area contributed by atoms with Crippen LogP contribution in [0, 0.1) is 0 Å². The first kappa shape index (κ1) is 14.3. The largest absolute Gasteiger partial charge is 0.478 e. The van der Waals surface area contributed by atoms with E-state index in [0.29, 0.717) is 18.6 Å². The van der Waals surface area contributed by atoms with Crippen LogP contribution in [-0.2, 0) is 11.2 Å². The number of benzene rings is 2. The molecule has 0 saturated heterocycles. The van der Waals surface area contributed by atoms with Gasteiger partial charge in [-0.1, -0.05) is 48.5 Å². The van der Waals surface area contributed by atoms with Crippen LogP contribution in [0.25, 0.3) is 11.1 Å². The van der Waals surface area contributed by atoms with Gasteiger partial charge in [0.25, 0.3) is 0 Å². The first-order chi connectivity index (χ1) is 9.74. The molecule has 0 radical (unpaired) electrons. The van der Waals surface area contributed by atoms with Gasteiger partial charge in [-0.3, -0.25) is 0 Å². The highest BCUT2D eigenvalue weighted by atomic mass is 16.5. The molecule has 0 spiro atoms. The fourth-order valence-electron chi connectivity index (χ4n) is 2.33. The lowest BCUT2D eigenvalue weighted by atomic mass is 9.93. The molecule has 0 heterocycles. The Bertz CT molecular complexity index is 576. The number of carboxylic acids is 1. The molecular formula is C17H18O3. The van der Waals surface area contributed by atoms with E-state index < -0.39 is 5.97 Å². The minimum Gasteiger partial charge on any atom is -0.478 e. The van der Waals surface area contributed by atoms with Crippen molar-refractivity contribution in [3.05, 3.63) is 59.7 Å². The van der Waals surface area contributed by atoms with E-state index in [1.807, 2.05) is 48.5 Å². The van der Waals surface area contributed by atoms with Gasteiger partial charge in [0.05, 0.1) is 5.56 Å². The minimum atomic E-state index is -0.878. The molecule has 1 N–H and O–H groups in total. The van der Waals surface area contributed by atoms with E-state index >= 15 is 0 Å². The van der Waals surface area contributed by atoms with Gasteiger partial charge in [0.15, 0.2) is 0 Å². The second-order valence-corrected chi connectivity index (χ2v) is 4.61. The molecule has 104 valence electrons. The Morgan fingerprint density at radius 3 is 2.50 bits per heavy atom. The SMILES string of the molecule is COCCCc1cccc(-c2ccccc2)c1C(=O)O. The zero-order chi connectivity index (χ0) is 14.4. The van der Waals surface area contributed by atoms with E-state index in [9.17, 15) is 9.90 Å². The molecule has 20 heavy (non-hydrogen) atoms. The predicted octanol–water partition coefficient (Wildman–Crippen LogP) is 3.63. The average Bonchev–Trinajstić information content (AvgIpc) is 2.48. The number of methoxy groups -OCH3 is 1. The number of carbonyl (C=O) groups is 1. The number of aryl methyl sites for hydroxylation is 1. The van der Waals surface area contributed by atoms with Crippen molar-refractivity contribution < 1.29 is 14.6 Å². The molecule has 0 aliphatic carbocycles. The van der Waals surface area contributed by atoms with Crippen LogP contribution in [0.15, 0.2) is 48.5 Å². The smallest absolute Gasteiger partial charge is 0.336 e. The number of hydrogen-bond acceptors (Lipinski definition) is 2. The second-order valence-electron chi connectivity index (χ2n) is 4.61. The van der Waals surface area contributed by atoms with Crippen LogP contribution in [0.2, 0.25) is 0 Å². The van der Waals surface area contributed by atoms with Crippen molar-refractivity contribution in [1.82, 2.24) is 0 Å². The molecule has 2 aromatic carbocycles. The maximum absolute atomic E-state index is 11.6. The van der Waals surface area contributed by atoms with Crippen LogP contribution < -0.4 is 0 Å². The first-order valence-electron chi connectivity index (χ1n) is 6.63. The lowest BCUT2D eigenvalue weighted by Gasteiger charge is -2.11. The van der Waals surface area contributed by atoms with Gasteiger partial charge in [-0.25, -0.2) is 4.79 Å². The molecule has 0 bridgehead atoms. The standard InChI is InChI=1S/C17H18O3/c1-20-12-6-10-14-9-5-11-15(16(14)17(18)19)13-7-3-2-4-8-13/h2-5,7-9,11H,6,10,12H2,1H3,(H,18,19). The Kier molecular flexibility index (Phi) is 4.91. The molecule has 3 heteroatoms. The molecule has 0 amide bonds. The molecule has 3 nitrogen and oxygen atoms in total. The van der Waals surface area contributed by atoms with E-state index in [2.05, 4.69) is 0 Å². The van der Waals surface area contributed by atoms with Crippen molar-refractivity contribution in [2.75, 3.05) is 13.7 Å². The summed E-state index contributed by atoms with van der Waals surface area (Å²) in [5.41, 5.74) is 2.96. The van der Waals surface area contributed by atoms with Crippen molar-refractivity contribution in [3.63, 3.8) is 0 Å². The van der Waals surface area contributed by atoms with Crippen molar-refractivity contribution in [2.24, 2.45) is 0 Å². The van der Waals surface area contributed by atoms with Crippen molar-refractivity contribution in [2.45, 2.75) is 12.8 Å². The monoisotopic (exact) mass is 270 g/mol. The Labute approximate surface area is 118 Å². The molecule has 0 aromatic heterocycles. The summed E-state index contributed by atoms with van der Waals surface area (Å²) < 4.78 is 5.03. The average molecular weight is 270 g/mol. The third-order valence-corrected chi connectivity index (χ3v) is 3.24. The molecule has 0 aliphatic heterocycles. The van der Waals surface area contributed by atoms with Gasteiger partial charge in [-0.2, -0.15) is 0 Å². The van der Waals surface area contributed by atoms with Gasteiger partial charge in [0.2, 0.25) is 0 Å². The molecule has 2 rings (SSSR count). The number of hydrogen-bond donors (Lipinski definition) is 1. The lowest BCUT2D eigenvalue weighted by Crippen LogP contribution is -2.06. The summed E-state index contributed by atoms with van der Waals surface area (Å²) in [6.07, 6.45) is 1.52. The van der Waals surface area contributed by atoms with Gasteiger partial charge >= 0.3 is 5.97 Å². The normalized spacial score (nSPS) is 10.4. The van der Waals surface area contributed by atoms with Crippen molar-refractivity contribution in [3.8, 4) is 11.1 Å². The number of ether oxygens (including phenoxy) is 1. The van der Waals surface area contributed by atoms with Crippen LogP contribution in [0.3, 0.4) is 0 Å². The van der Waals surface area contributed by atoms with Crippen LogP contribution in [0.1, 0.15) is 22.3 Å². The molecule has 0 saturated carbocycles. The molecule has 0 atom stereocenters. The highest BCUT2D eigenvalue weighted by Gasteiger charge is 2.16. The fourth-order valence-corrected chi connectivity index (χ4v) is 2.33. The number of rotatable bonds is 6. The highest BCUT2D eigenvalue weighted by molar-refractivity contribution is 5.97. The number of carboxylic acid groups (broad SMARTS) is 1. The van der Waals surface area contributed by atoms with Crippen LogP contribution >= 0.6 is 0 Å². The quantitative estimate of drug-likeness (QED) is 0.815. The first-order valence-corrected chi connectivity index (χ1v) is 6.63. The lowest BCUT2D eigenvalue weighted by molar-refractivity contribution is 0.0696. The summed E-state index contributed by atoms with van der Waals surface area (Å²) in [6, 6.07) is 15.3. The van der Waals surface area contributed by atoms with Crippen molar-refractivity contribution >= 4 is 5.97 Å². The van der Waals surface area contributed by atoms with Gasteiger partial charge in [0, 0.05) is 13.7 Å². The zero-order valence-electron chi connectivity index (χ0n) is 11.5. The molecule has 0 fully saturated rings. The summed E-state index contributed by atoms with van der Waals surface area (Å²) in [4.78, 5) is 11.6. The summed E-state index contributed by atoms with van der Waals surface area (Å²) in [5.74, 6) is -0.878.